The van der Waals surface area contributed by atoms with E-state index in [1.165, 1.54) is 6.20 Å². The number of para-hydroxylation sites is 3. The van der Waals surface area contributed by atoms with E-state index in [1.54, 1.807) is 42.1 Å². The molecule has 0 radical (unpaired) electrons. The predicted octanol–water partition coefficient (Wildman–Crippen LogP) is 3.86. The molecule has 0 bridgehead atoms. The molecular formula is C23H20N4O4. The second kappa shape index (κ2) is 8.66. The minimum absolute atomic E-state index is 0.254. The number of nitrogens with zero attached hydrogens (tertiary/aromatic N) is 3. The third-order valence-electron chi connectivity index (χ3n) is 4.57. The first-order valence-corrected chi connectivity index (χ1v) is 9.59. The minimum Gasteiger partial charge on any atom is -0.455 e. The quantitative estimate of drug-likeness (QED) is 0.480. The molecule has 0 aliphatic rings. The lowest BCUT2D eigenvalue weighted by Crippen LogP contribution is -2.21. The lowest BCUT2D eigenvalue weighted by Gasteiger charge is -2.12. The summed E-state index contributed by atoms with van der Waals surface area (Å²) in [5.74, 6) is 0.00461. The van der Waals surface area contributed by atoms with Crippen LogP contribution >= 0.6 is 0 Å². The van der Waals surface area contributed by atoms with Gasteiger partial charge in [-0.3, -0.25) is 9.48 Å². The van der Waals surface area contributed by atoms with E-state index in [1.807, 2.05) is 37.3 Å². The van der Waals surface area contributed by atoms with Crippen LogP contribution in [-0.4, -0.2) is 33.2 Å². The standard InChI is InChI=1S/C23H20N4O4/c1-15-18-12-16(13-24-22(18)27(2)26-15)23(29)30-14-21(28)25-19-10-6-7-11-20(19)31-17-8-4-3-5-9-17/h3-13H,14H2,1-2H3,(H,25,28). The fraction of sp³-hybridized carbons (Fsp3) is 0.130. The smallest absolute Gasteiger partial charge is 0.340 e. The zero-order valence-corrected chi connectivity index (χ0v) is 17.0. The van der Waals surface area contributed by atoms with Gasteiger partial charge in [0.05, 0.1) is 16.9 Å². The van der Waals surface area contributed by atoms with E-state index >= 15 is 0 Å². The number of carbonyl (C=O) groups excluding carboxylic acids is 2. The largest absolute Gasteiger partial charge is 0.455 e. The first-order valence-electron chi connectivity index (χ1n) is 9.59. The van der Waals surface area contributed by atoms with Gasteiger partial charge in [0.1, 0.15) is 5.75 Å². The number of aryl methyl sites for hydroxylation is 2. The highest BCUT2D eigenvalue weighted by atomic mass is 16.5. The number of fused-ring (bicyclic) bond motifs is 1. The molecule has 2 aromatic heterocycles. The number of ether oxygens (including phenoxy) is 2. The van der Waals surface area contributed by atoms with Crippen molar-refractivity contribution in [3.63, 3.8) is 0 Å². The lowest BCUT2D eigenvalue weighted by atomic mass is 10.2. The number of amides is 1. The number of pyridine rings is 1. The van der Waals surface area contributed by atoms with Crippen LogP contribution < -0.4 is 10.1 Å². The molecule has 2 aromatic carbocycles. The Kier molecular flexibility index (Phi) is 5.61. The number of benzene rings is 2. The van der Waals surface area contributed by atoms with E-state index in [-0.39, 0.29) is 5.56 Å². The molecule has 0 aliphatic heterocycles. The van der Waals surface area contributed by atoms with Crippen LogP contribution in [0.4, 0.5) is 5.69 Å². The molecule has 0 aliphatic carbocycles. The lowest BCUT2D eigenvalue weighted by molar-refractivity contribution is -0.119. The average molecular weight is 416 g/mol. The molecule has 0 fully saturated rings. The molecule has 8 nitrogen and oxygen atoms in total. The van der Waals surface area contributed by atoms with Gasteiger partial charge in [-0.1, -0.05) is 30.3 Å². The first kappa shape index (κ1) is 20.1. The molecule has 4 aromatic rings. The van der Waals surface area contributed by atoms with E-state index in [9.17, 15) is 9.59 Å². The van der Waals surface area contributed by atoms with Gasteiger partial charge in [-0.2, -0.15) is 5.10 Å². The van der Waals surface area contributed by atoms with Crippen LogP contribution in [0.5, 0.6) is 11.5 Å². The van der Waals surface area contributed by atoms with Crippen LogP contribution in [0.1, 0.15) is 16.1 Å². The SMILES string of the molecule is Cc1nn(C)c2ncc(C(=O)OCC(=O)Nc3ccccc3Oc3ccccc3)cc12. The van der Waals surface area contributed by atoms with Crippen molar-refractivity contribution in [1.29, 1.82) is 0 Å². The summed E-state index contributed by atoms with van der Waals surface area (Å²) in [6, 6.07) is 17.9. The van der Waals surface area contributed by atoms with Gasteiger partial charge in [0.15, 0.2) is 18.0 Å². The third-order valence-corrected chi connectivity index (χ3v) is 4.57. The van der Waals surface area contributed by atoms with Gasteiger partial charge < -0.3 is 14.8 Å². The molecule has 8 heteroatoms. The van der Waals surface area contributed by atoms with Crippen molar-refractivity contribution >= 4 is 28.6 Å². The van der Waals surface area contributed by atoms with Crippen molar-refractivity contribution in [1.82, 2.24) is 14.8 Å². The summed E-state index contributed by atoms with van der Waals surface area (Å²) in [5.41, 5.74) is 2.15. The molecule has 2 heterocycles. The fourth-order valence-corrected chi connectivity index (χ4v) is 3.09. The van der Waals surface area contributed by atoms with Gasteiger partial charge in [0.25, 0.3) is 5.91 Å². The maximum atomic E-state index is 12.4. The molecule has 0 spiro atoms. The van der Waals surface area contributed by atoms with Gasteiger partial charge in [-0.15, -0.1) is 0 Å². The Hall–Kier alpha value is -4.20. The number of anilines is 1. The average Bonchev–Trinajstić information content (AvgIpc) is 3.07. The van der Waals surface area contributed by atoms with E-state index in [0.717, 1.165) is 11.1 Å². The minimum atomic E-state index is -0.637. The van der Waals surface area contributed by atoms with Crippen molar-refractivity contribution in [2.45, 2.75) is 6.92 Å². The molecule has 0 saturated carbocycles. The summed E-state index contributed by atoms with van der Waals surface area (Å²) in [7, 11) is 1.78. The van der Waals surface area contributed by atoms with Crippen molar-refractivity contribution in [2.75, 3.05) is 11.9 Å². The number of hydrogen-bond donors (Lipinski definition) is 1. The normalized spacial score (nSPS) is 10.6. The van der Waals surface area contributed by atoms with Crippen LogP contribution in [-0.2, 0) is 16.6 Å². The third kappa shape index (κ3) is 4.53. The van der Waals surface area contributed by atoms with E-state index in [0.29, 0.717) is 22.8 Å². The Labute approximate surface area is 178 Å². The molecule has 0 atom stereocenters. The van der Waals surface area contributed by atoms with E-state index in [4.69, 9.17) is 9.47 Å². The number of nitrogens with one attached hydrogen (secondary N) is 1. The van der Waals surface area contributed by atoms with Crippen molar-refractivity contribution < 1.29 is 19.1 Å². The Bertz CT molecular complexity index is 1250. The Balaban J connectivity index is 1.40. The summed E-state index contributed by atoms with van der Waals surface area (Å²) >= 11 is 0. The van der Waals surface area contributed by atoms with Gasteiger partial charge in [0.2, 0.25) is 0 Å². The highest BCUT2D eigenvalue weighted by Crippen LogP contribution is 2.29. The molecule has 1 N–H and O–H groups in total. The van der Waals surface area contributed by atoms with Crippen LogP contribution in [0, 0.1) is 6.92 Å². The monoisotopic (exact) mass is 416 g/mol. The number of rotatable bonds is 6. The van der Waals surface area contributed by atoms with Gasteiger partial charge in [-0.05, 0) is 37.3 Å². The molecule has 0 saturated heterocycles. The summed E-state index contributed by atoms with van der Waals surface area (Å²) in [4.78, 5) is 29.0. The summed E-state index contributed by atoms with van der Waals surface area (Å²) in [6.45, 7) is 1.39. The second-order valence-electron chi connectivity index (χ2n) is 6.84. The van der Waals surface area contributed by atoms with Crippen molar-refractivity contribution in [3.05, 3.63) is 78.1 Å². The number of carbonyl (C=O) groups is 2. The summed E-state index contributed by atoms with van der Waals surface area (Å²) < 4.78 is 12.6. The van der Waals surface area contributed by atoms with Gasteiger partial charge >= 0.3 is 5.97 Å². The van der Waals surface area contributed by atoms with Gasteiger partial charge in [0, 0.05) is 18.6 Å². The van der Waals surface area contributed by atoms with Crippen molar-refractivity contribution in [2.24, 2.45) is 7.05 Å². The van der Waals surface area contributed by atoms with E-state index in [2.05, 4.69) is 15.4 Å². The zero-order valence-electron chi connectivity index (χ0n) is 17.0. The van der Waals surface area contributed by atoms with Crippen molar-refractivity contribution in [3.8, 4) is 11.5 Å². The molecule has 4 rings (SSSR count). The summed E-state index contributed by atoms with van der Waals surface area (Å²) in [6.07, 6.45) is 1.41. The van der Waals surface area contributed by atoms with Gasteiger partial charge in [-0.25, -0.2) is 9.78 Å². The molecular weight excluding hydrogens is 396 g/mol. The van der Waals surface area contributed by atoms with E-state index < -0.39 is 18.5 Å². The number of esters is 1. The van der Waals surface area contributed by atoms with Crippen LogP contribution in [0.25, 0.3) is 11.0 Å². The van der Waals surface area contributed by atoms with Crippen LogP contribution in [0.15, 0.2) is 66.9 Å². The Morgan fingerprint density at radius 3 is 2.61 bits per heavy atom. The highest BCUT2D eigenvalue weighted by Gasteiger charge is 2.15. The molecule has 31 heavy (non-hydrogen) atoms. The fourth-order valence-electron chi connectivity index (χ4n) is 3.09. The maximum absolute atomic E-state index is 12.4. The molecule has 0 unspecified atom stereocenters. The number of hydrogen-bond acceptors (Lipinski definition) is 6. The maximum Gasteiger partial charge on any atom is 0.340 e. The second-order valence-corrected chi connectivity index (χ2v) is 6.84. The Morgan fingerprint density at radius 1 is 1.06 bits per heavy atom. The molecule has 1 amide bonds. The first-order chi connectivity index (χ1) is 15.0. The Morgan fingerprint density at radius 2 is 1.81 bits per heavy atom. The van der Waals surface area contributed by atoms with Crippen LogP contribution in [0.3, 0.4) is 0 Å². The zero-order chi connectivity index (χ0) is 21.8. The highest BCUT2D eigenvalue weighted by molar-refractivity contribution is 5.97. The summed E-state index contributed by atoms with van der Waals surface area (Å²) in [5, 5.41) is 7.74. The topological polar surface area (TPSA) is 95.3 Å². The predicted molar refractivity (Wildman–Crippen MR) is 115 cm³/mol. The van der Waals surface area contributed by atoms with Crippen LogP contribution in [0.2, 0.25) is 0 Å². The number of aromatic nitrogens is 3. The molecule has 156 valence electrons.